The van der Waals surface area contributed by atoms with Crippen molar-refractivity contribution >= 4 is 28.2 Å². The number of aliphatic hydroxyl groups excluding tert-OH is 17. The molecule has 6 aliphatic heterocycles. The van der Waals surface area contributed by atoms with Gasteiger partial charge in [-0.1, -0.05) is 180 Å². The van der Waals surface area contributed by atoms with Crippen molar-refractivity contribution in [3.63, 3.8) is 0 Å². The van der Waals surface area contributed by atoms with Gasteiger partial charge in [0, 0.05) is 19.8 Å². The topological polar surface area (TPSA) is 645 Å². The first-order valence-corrected chi connectivity index (χ1v) is 44.0. The molecule has 40 nitrogen and oxygen atoms in total. The van der Waals surface area contributed by atoms with Gasteiger partial charge in [0.15, 0.2) is 31.5 Å². The van der Waals surface area contributed by atoms with Crippen molar-refractivity contribution in [3.8, 4) is 0 Å². The molecule has 696 valence electrons. The molecule has 0 aromatic rings. The Hall–Kier alpha value is -1.18. The molecule has 6 saturated heterocycles. The van der Waals surface area contributed by atoms with E-state index in [-0.39, 0.29) is 84.5 Å². The maximum absolute atomic E-state index is 13.5. The standard InChI is InChI=1S/C78H141N3O37S.2Na/c1-5-7-9-11-13-15-17-19-20-22-24-26-28-30-32-34-53(90)81-45(46(87)33-31-29-27-25-23-21-18-16-14-12-10-8-6-2)35-36-106-73-63(98)61(96)66(51(41-85)111-73)113-75-64(99)70(58(93)49(39-83)109-75)116-72-55(80-44(4)86)69(115-74-62(97)60(95)56(91)43(3)108-74)67(52(112-72)42-107-119(103,104)105)114-76-65(100)71(59(94)50(40-84)110-76)118-78(77(101)102)37-47(88)54(79)68(117-78)57(92)48(89)38-82;;/h31,33,43,45-52,54-76,82-85,87-89,91-100H,5-30,32,34-42,79H2,1-4H3,(H,80,86)(H,81,90)(H,101,102)(H,103,104,105);;/q;2*+1/p-2/b33-31+;;/t43-,45-,46+,47-,48+,49+,50+,51-,52+,54+,55+,56+,57?,58-,59-,60+,61-,62-,63-,64+,65+,66-,67-,68+,69+,70-,71+,72-,73-,74-,75-,76-,78-;;/m0../s1. The number of ether oxygens (including phenoxy) is 12. The summed E-state index contributed by atoms with van der Waals surface area (Å²) in [5.74, 6) is -7.15. The number of hydrogen-bond donors (Lipinski definition) is 20. The summed E-state index contributed by atoms with van der Waals surface area (Å²) in [6.07, 6.45) is -28.7. The molecule has 0 aliphatic carbocycles. The first kappa shape index (κ1) is 112. The molecule has 1 unspecified atom stereocenters. The minimum atomic E-state index is -5.85. The fourth-order valence-corrected chi connectivity index (χ4v) is 16.0. The van der Waals surface area contributed by atoms with Gasteiger partial charge in [0.2, 0.25) is 28.0 Å². The molecule has 43 heteroatoms. The molecule has 6 fully saturated rings. The number of hydrogen-bond acceptors (Lipinski definition) is 38. The average Bonchev–Trinajstić information content (AvgIpc) is 0.755. The van der Waals surface area contributed by atoms with Gasteiger partial charge in [0.25, 0.3) is 0 Å². The minimum Gasteiger partial charge on any atom is -0.726 e. The quantitative estimate of drug-likeness (QED) is 0.00884. The van der Waals surface area contributed by atoms with Crippen LogP contribution in [0.4, 0.5) is 0 Å². The van der Waals surface area contributed by atoms with Crippen molar-refractivity contribution in [1.29, 1.82) is 0 Å². The van der Waals surface area contributed by atoms with E-state index in [4.69, 9.17) is 62.6 Å². The number of aliphatic hydroxyl groups is 17. The number of carboxylic acids is 1. The molecule has 6 heterocycles. The number of rotatable bonds is 56. The van der Waals surface area contributed by atoms with Crippen molar-refractivity contribution < 1.29 is 239 Å². The van der Waals surface area contributed by atoms with Crippen molar-refractivity contribution in [2.45, 2.75) is 422 Å². The van der Waals surface area contributed by atoms with Crippen LogP contribution in [-0.4, -0.2) is 359 Å². The van der Waals surface area contributed by atoms with E-state index in [0.29, 0.717) is 12.8 Å². The third kappa shape index (κ3) is 34.8. The summed E-state index contributed by atoms with van der Waals surface area (Å²) in [4.78, 5) is 40.2. The summed E-state index contributed by atoms with van der Waals surface area (Å²) in [7, 11) is -5.85. The van der Waals surface area contributed by atoms with Crippen molar-refractivity contribution in [2.75, 3.05) is 39.6 Å². The predicted octanol–water partition coefficient (Wildman–Crippen LogP) is -9.82. The van der Waals surface area contributed by atoms with Gasteiger partial charge in [-0.3, -0.25) is 13.8 Å². The van der Waals surface area contributed by atoms with Gasteiger partial charge in [-0.15, -0.1) is 0 Å². The summed E-state index contributed by atoms with van der Waals surface area (Å²) in [6, 6.07) is -4.80. The van der Waals surface area contributed by atoms with E-state index < -0.39 is 264 Å². The molecule has 0 spiro atoms. The van der Waals surface area contributed by atoms with E-state index in [1.165, 1.54) is 116 Å². The first-order chi connectivity index (χ1) is 56.7. The Kier molecular flexibility index (Phi) is 53.6. The Morgan fingerprint density at radius 3 is 1.50 bits per heavy atom. The van der Waals surface area contributed by atoms with E-state index >= 15 is 0 Å². The van der Waals surface area contributed by atoms with Crippen LogP contribution >= 0.6 is 0 Å². The molecule has 121 heavy (non-hydrogen) atoms. The molecule has 0 saturated carbocycles. The van der Waals surface area contributed by atoms with Gasteiger partial charge in [0.05, 0.1) is 70.0 Å². The number of carboxylic acid groups (broad SMARTS) is 1. The molecule has 0 radical (unpaired) electrons. The number of unbranched alkanes of at least 4 members (excludes halogenated alkanes) is 25. The monoisotopic (exact) mass is 1790 g/mol. The number of carbonyl (C=O) groups is 3. The van der Waals surface area contributed by atoms with Crippen LogP contribution < -0.4 is 80.6 Å². The van der Waals surface area contributed by atoms with Gasteiger partial charge >= 0.3 is 59.1 Å². The maximum atomic E-state index is 13.5. The molecule has 21 N–H and O–H groups in total. The van der Waals surface area contributed by atoms with E-state index in [0.717, 1.165) is 58.3 Å². The van der Waals surface area contributed by atoms with Crippen LogP contribution in [0, 0.1) is 0 Å². The van der Waals surface area contributed by atoms with Gasteiger partial charge in [-0.25, -0.2) is 8.42 Å². The van der Waals surface area contributed by atoms with E-state index in [1.54, 1.807) is 6.08 Å². The zero-order chi connectivity index (χ0) is 87.7. The summed E-state index contributed by atoms with van der Waals surface area (Å²) in [5, 5.41) is 209. The van der Waals surface area contributed by atoms with Crippen LogP contribution in [0.15, 0.2) is 12.2 Å². The van der Waals surface area contributed by atoms with E-state index in [2.05, 4.69) is 28.7 Å². The predicted molar refractivity (Wildman–Crippen MR) is 410 cm³/mol. The molecule has 6 rings (SSSR count). The Balaban J connectivity index is 0.0000154. The number of allylic oxidation sites excluding steroid dienone is 1. The van der Waals surface area contributed by atoms with Crippen LogP contribution in [-0.2, 0) is 85.8 Å². The largest absolute Gasteiger partial charge is 1.00 e. The molecule has 33 atom stereocenters. The Bertz CT molecular complexity index is 3000. The zero-order valence-electron chi connectivity index (χ0n) is 70.8. The van der Waals surface area contributed by atoms with Gasteiger partial charge in [-0.2, -0.15) is 0 Å². The summed E-state index contributed by atoms with van der Waals surface area (Å²) >= 11 is 0. The normalized spacial score (nSPS) is 35.8. The van der Waals surface area contributed by atoms with Gasteiger partial charge in [0.1, 0.15) is 140 Å². The summed E-state index contributed by atoms with van der Waals surface area (Å²) < 4.78 is 113. The second-order valence-corrected chi connectivity index (χ2v) is 33.3. The van der Waals surface area contributed by atoms with Crippen molar-refractivity contribution in [2.24, 2.45) is 5.73 Å². The van der Waals surface area contributed by atoms with Gasteiger partial charge < -0.3 is 174 Å². The van der Waals surface area contributed by atoms with Crippen molar-refractivity contribution in [1.82, 2.24) is 10.6 Å². The summed E-state index contributed by atoms with van der Waals surface area (Å²) in [6.45, 7) is 0.0263. The zero-order valence-corrected chi connectivity index (χ0v) is 75.7. The molecule has 0 aromatic carbocycles. The molecule has 0 bridgehead atoms. The SMILES string of the molecule is CCCCCCCCCCCCC/C=C/[C@@H](O)[C@H](CCO[C@H]1O[C@@H](CO)[C@H](O[C@@H]2O[C@H](CO)[C@H](O)[C@H](O[C@@H]3O[C@H](COS(=O)(=O)[O-])[C@H](O[C@@H]4O[C@H](CO)[C@H](O)[C@@H](O[C@]5(C(=O)[O-])C[C@H](O)[C@@H](N)[C@H](C(O)[C@H](O)CO)O5)[C@H]4O)[C@H](O[C@@H]4O[C@@H](C)[C@@H](O)[C@@H](O)[C@@H]4O)[C@H]3NC(C)=O)[C@H]2O)[C@@H](O)[C@@H]1O)NC(=O)CCCCCCCCCCCCCCCCC.[Na+].[Na+]. The maximum Gasteiger partial charge on any atom is 1.00 e. The molecule has 6 aliphatic rings. The Morgan fingerprint density at radius 1 is 0.545 bits per heavy atom. The minimum absolute atomic E-state index is 0. The van der Waals surface area contributed by atoms with Crippen LogP contribution in [0.25, 0.3) is 0 Å². The average molecular weight is 1790 g/mol. The fraction of sp³-hybridized carbons (Fsp3) is 0.936. The Morgan fingerprint density at radius 2 is 1.00 bits per heavy atom. The first-order valence-electron chi connectivity index (χ1n) is 42.7. The molecule has 0 aromatic heterocycles. The second kappa shape index (κ2) is 57.9. The number of carbonyl (C=O) groups excluding carboxylic acids is 3. The smallest absolute Gasteiger partial charge is 0.726 e. The number of aliphatic carboxylic acids is 1. The van der Waals surface area contributed by atoms with E-state index in [9.17, 15) is 119 Å². The summed E-state index contributed by atoms with van der Waals surface area (Å²) in [5.41, 5.74) is 6.01. The number of nitrogens with one attached hydrogen (secondary N) is 2. The second-order valence-electron chi connectivity index (χ2n) is 32.2. The van der Waals surface area contributed by atoms with Crippen molar-refractivity contribution in [3.05, 3.63) is 12.2 Å². The third-order valence-corrected chi connectivity index (χ3v) is 23.2. The molecular weight excluding hydrogens is 1650 g/mol. The van der Waals surface area contributed by atoms with Crippen LogP contribution in [0.2, 0.25) is 0 Å². The van der Waals surface area contributed by atoms with Gasteiger partial charge in [-0.05, 0) is 32.6 Å². The molecular formula is C78H139N3Na2O37S. The van der Waals surface area contributed by atoms with Crippen LogP contribution in [0.5, 0.6) is 0 Å². The van der Waals surface area contributed by atoms with Crippen LogP contribution in [0.3, 0.4) is 0 Å². The fourth-order valence-electron chi connectivity index (χ4n) is 15.7. The number of nitrogens with two attached hydrogens (primary N) is 1. The Labute approximate surface area is 752 Å². The number of amides is 2. The molecule has 2 amide bonds. The van der Waals surface area contributed by atoms with E-state index in [1.807, 2.05) is 6.08 Å². The van der Waals surface area contributed by atoms with Crippen LogP contribution in [0.1, 0.15) is 220 Å². The third-order valence-electron chi connectivity index (χ3n) is 22.8.